The van der Waals surface area contributed by atoms with E-state index in [9.17, 15) is 14.4 Å². The summed E-state index contributed by atoms with van der Waals surface area (Å²) in [4.78, 5) is 37.2. The molecule has 2 aromatic rings. The van der Waals surface area contributed by atoms with Crippen LogP contribution in [0.15, 0.2) is 48.5 Å². The zero-order valence-corrected chi connectivity index (χ0v) is 12.1. The van der Waals surface area contributed by atoms with Gasteiger partial charge in [0, 0.05) is 10.6 Å². The van der Waals surface area contributed by atoms with Crippen LogP contribution in [0.1, 0.15) is 15.9 Å². The minimum atomic E-state index is -0.764. The Balaban J connectivity index is 1.82. The van der Waals surface area contributed by atoms with Crippen LogP contribution in [0.3, 0.4) is 0 Å². The number of fused-ring (bicyclic) bond motifs is 1. The fourth-order valence-corrected chi connectivity index (χ4v) is 2.52. The van der Waals surface area contributed by atoms with Gasteiger partial charge in [0.2, 0.25) is 5.91 Å². The first-order chi connectivity index (χ1) is 10.6. The topological polar surface area (TPSA) is 66.5 Å². The summed E-state index contributed by atoms with van der Waals surface area (Å²) in [6.07, 6.45) is 0.0862. The molecule has 0 aliphatic carbocycles. The lowest BCUT2D eigenvalue weighted by atomic mass is 10.2. The Bertz CT molecular complexity index is 774. The summed E-state index contributed by atoms with van der Waals surface area (Å²) in [5.41, 5.74) is 1.46. The van der Waals surface area contributed by atoms with Crippen LogP contribution >= 0.6 is 11.6 Å². The number of imide groups is 2. The van der Waals surface area contributed by atoms with Gasteiger partial charge < -0.3 is 0 Å². The van der Waals surface area contributed by atoms with Crippen LogP contribution in [0.5, 0.6) is 0 Å². The Labute approximate surface area is 131 Å². The van der Waals surface area contributed by atoms with Crippen molar-refractivity contribution in [2.75, 3.05) is 4.90 Å². The molecule has 110 valence electrons. The van der Waals surface area contributed by atoms with E-state index < -0.39 is 17.8 Å². The summed E-state index contributed by atoms with van der Waals surface area (Å²) < 4.78 is 0. The van der Waals surface area contributed by atoms with Gasteiger partial charge in [0.25, 0.3) is 5.91 Å². The summed E-state index contributed by atoms with van der Waals surface area (Å²) in [6, 6.07) is 12.4. The largest absolute Gasteiger partial charge is 0.335 e. The second kappa shape index (κ2) is 5.61. The van der Waals surface area contributed by atoms with Gasteiger partial charge in [0.05, 0.1) is 12.1 Å². The van der Waals surface area contributed by atoms with Gasteiger partial charge in [-0.15, -0.1) is 0 Å². The highest BCUT2D eigenvalue weighted by molar-refractivity contribution is 6.31. The molecule has 0 atom stereocenters. The van der Waals surface area contributed by atoms with Gasteiger partial charge in [-0.2, -0.15) is 0 Å². The Morgan fingerprint density at radius 2 is 1.82 bits per heavy atom. The monoisotopic (exact) mass is 314 g/mol. The molecule has 1 N–H and O–H groups in total. The van der Waals surface area contributed by atoms with Crippen molar-refractivity contribution in [1.82, 2.24) is 5.32 Å². The minimum absolute atomic E-state index is 0.0862. The molecule has 0 unspecified atom stereocenters. The molecule has 4 amide bonds. The zero-order chi connectivity index (χ0) is 15.7. The van der Waals surface area contributed by atoms with Crippen molar-refractivity contribution < 1.29 is 14.4 Å². The predicted octanol–water partition coefficient (Wildman–Crippen LogP) is 2.78. The quantitative estimate of drug-likeness (QED) is 0.880. The number of urea groups is 1. The number of benzene rings is 2. The summed E-state index contributed by atoms with van der Waals surface area (Å²) in [6.45, 7) is 0. The van der Waals surface area contributed by atoms with Crippen LogP contribution in [-0.4, -0.2) is 17.8 Å². The number of nitrogens with zero attached hydrogens (tertiary/aromatic N) is 1. The highest BCUT2D eigenvalue weighted by atomic mass is 35.5. The molecule has 6 heteroatoms. The summed E-state index contributed by atoms with van der Waals surface area (Å²) in [7, 11) is 0. The van der Waals surface area contributed by atoms with Crippen molar-refractivity contribution in [1.29, 1.82) is 0 Å². The van der Waals surface area contributed by atoms with Crippen LogP contribution in [0, 0.1) is 0 Å². The number of carbonyl (C=O) groups is 3. The smallest absolute Gasteiger partial charge is 0.274 e. The third kappa shape index (κ3) is 2.58. The average molecular weight is 315 g/mol. The van der Waals surface area contributed by atoms with E-state index in [-0.39, 0.29) is 6.42 Å². The lowest BCUT2D eigenvalue weighted by molar-refractivity contribution is -0.116. The molecule has 5 nitrogen and oxygen atoms in total. The number of halogens is 1. The molecular weight excluding hydrogens is 304 g/mol. The van der Waals surface area contributed by atoms with E-state index in [0.717, 1.165) is 4.90 Å². The van der Waals surface area contributed by atoms with E-state index in [4.69, 9.17) is 11.6 Å². The average Bonchev–Trinajstić information content (AvgIpc) is 2.83. The van der Waals surface area contributed by atoms with E-state index in [0.29, 0.717) is 21.8 Å². The molecule has 1 heterocycles. The lowest BCUT2D eigenvalue weighted by Crippen LogP contribution is -2.44. The molecule has 1 aliphatic rings. The van der Waals surface area contributed by atoms with Crippen molar-refractivity contribution in [3.8, 4) is 0 Å². The Morgan fingerprint density at radius 1 is 1.09 bits per heavy atom. The highest BCUT2D eigenvalue weighted by Gasteiger charge is 2.33. The summed E-state index contributed by atoms with van der Waals surface area (Å²) in [5, 5.41) is 2.71. The second-order valence-electron chi connectivity index (χ2n) is 4.80. The molecule has 3 rings (SSSR count). The number of rotatable bonds is 1. The van der Waals surface area contributed by atoms with E-state index >= 15 is 0 Å². The van der Waals surface area contributed by atoms with Crippen LogP contribution in [-0.2, 0) is 11.2 Å². The highest BCUT2D eigenvalue weighted by Crippen LogP contribution is 2.31. The molecule has 0 aromatic heterocycles. The van der Waals surface area contributed by atoms with Gasteiger partial charge in [-0.05, 0) is 35.9 Å². The van der Waals surface area contributed by atoms with E-state index in [1.165, 1.54) is 0 Å². The maximum atomic E-state index is 12.2. The number of amides is 4. The normalized spacial score (nSPS) is 13.0. The number of carbonyl (C=O) groups excluding carboxylic acids is 3. The van der Waals surface area contributed by atoms with Crippen LogP contribution in [0.25, 0.3) is 0 Å². The Hall–Kier alpha value is -2.66. The first-order valence-corrected chi connectivity index (χ1v) is 6.96. The maximum absolute atomic E-state index is 12.2. The Morgan fingerprint density at radius 3 is 2.55 bits per heavy atom. The van der Waals surface area contributed by atoms with E-state index in [1.807, 2.05) is 0 Å². The molecule has 0 saturated carbocycles. The summed E-state index contributed by atoms with van der Waals surface area (Å²) >= 11 is 5.88. The molecule has 0 spiro atoms. The van der Waals surface area contributed by atoms with Crippen LogP contribution in [0.4, 0.5) is 10.5 Å². The number of nitrogens with one attached hydrogen (secondary N) is 1. The minimum Gasteiger partial charge on any atom is -0.274 e. The van der Waals surface area contributed by atoms with Gasteiger partial charge in [0.15, 0.2) is 0 Å². The Kier molecular flexibility index (Phi) is 3.65. The molecule has 22 heavy (non-hydrogen) atoms. The maximum Gasteiger partial charge on any atom is 0.335 e. The zero-order valence-electron chi connectivity index (χ0n) is 11.4. The third-order valence-electron chi connectivity index (χ3n) is 3.33. The molecule has 0 radical (unpaired) electrons. The fraction of sp³-hybridized carbons (Fsp3) is 0.0625. The fourth-order valence-electron chi connectivity index (χ4n) is 2.33. The lowest BCUT2D eigenvalue weighted by Gasteiger charge is -2.15. The predicted molar refractivity (Wildman–Crippen MR) is 81.9 cm³/mol. The molecule has 1 aliphatic heterocycles. The first kappa shape index (κ1) is 14.3. The molecule has 0 fully saturated rings. The van der Waals surface area contributed by atoms with Crippen molar-refractivity contribution in [3.63, 3.8) is 0 Å². The SMILES string of the molecule is O=C(NC(=O)N1C(=O)Cc2cc(Cl)ccc21)c1ccccc1. The molecular formula is C16H11ClN2O3. The van der Waals surface area contributed by atoms with E-state index in [2.05, 4.69) is 5.32 Å². The van der Waals surface area contributed by atoms with Crippen LogP contribution in [0.2, 0.25) is 5.02 Å². The van der Waals surface area contributed by atoms with Gasteiger partial charge in [0.1, 0.15) is 0 Å². The number of hydrogen-bond acceptors (Lipinski definition) is 3. The van der Waals surface area contributed by atoms with Gasteiger partial charge in [-0.3, -0.25) is 14.9 Å². The number of hydrogen-bond donors (Lipinski definition) is 1. The molecule has 0 saturated heterocycles. The van der Waals surface area contributed by atoms with Crippen molar-refractivity contribution in [2.24, 2.45) is 0 Å². The first-order valence-electron chi connectivity index (χ1n) is 6.58. The van der Waals surface area contributed by atoms with Crippen molar-refractivity contribution in [2.45, 2.75) is 6.42 Å². The second-order valence-corrected chi connectivity index (χ2v) is 5.24. The van der Waals surface area contributed by atoms with Crippen molar-refractivity contribution >= 4 is 35.1 Å². The van der Waals surface area contributed by atoms with Gasteiger partial charge in [-0.1, -0.05) is 29.8 Å². The molecule has 2 aromatic carbocycles. The van der Waals surface area contributed by atoms with Crippen molar-refractivity contribution in [3.05, 3.63) is 64.7 Å². The third-order valence-corrected chi connectivity index (χ3v) is 3.57. The standard InChI is InChI=1S/C16H11ClN2O3/c17-12-6-7-13-11(8-12)9-14(20)19(13)16(22)18-15(21)10-4-2-1-3-5-10/h1-8H,9H2,(H,18,21,22). The van der Waals surface area contributed by atoms with Crippen LogP contribution < -0.4 is 10.2 Å². The van der Waals surface area contributed by atoms with E-state index in [1.54, 1.807) is 48.5 Å². The van der Waals surface area contributed by atoms with Gasteiger partial charge >= 0.3 is 6.03 Å². The number of anilines is 1. The molecule has 0 bridgehead atoms. The van der Waals surface area contributed by atoms with Gasteiger partial charge in [-0.25, -0.2) is 9.69 Å². The summed E-state index contributed by atoms with van der Waals surface area (Å²) in [5.74, 6) is -0.948.